The van der Waals surface area contributed by atoms with Gasteiger partial charge in [-0.2, -0.15) is 0 Å². The lowest BCUT2D eigenvalue weighted by Gasteiger charge is -2.32. The van der Waals surface area contributed by atoms with Gasteiger partial charge in [0, 0.05) is 25.6 Å². The van der Waals surface area contributed by atoms with Crippen LogP contribution >= 0.6 is 0 Å². The van der Waals surface area contributed by atoms with Crippen LogP contribution in [0, 0.1) is 17.7 Å². The maximum atomic E-state index is 13.5. The number of rotatable bonds is 5. The molecule has 3 rings (SSSR count). The zero-order valence-electron chi connectivity index (χ0n) is 13.3. The lowest BCUT2D eigenvalue weighted by molar-refractivity contribution is -0.136. The summed E-state index contributed by atoms with van der Waals surface area (Å²) < 4.78 is 13.5. The summed E-state index contributed by atoms with van der Waals surface area (Å²) in [5, 5.41) is 2.89. The average molecular weight is 318 g/mol. The number of hydrogen-bond donors (Lipinski definition) is 1. The Labute approximate surface area is 136 Å². The standard InChI is InChI=1S/C18H23FN2O2/c19-16-6-2-1-4-13(16)9-10-20-17(22)15-5-3-11-21(12-15)18(23)14-7-8-14/h1-2,4,6,14-15H,3,5,7-12H2,(H,20,22)/t15-/m0/s1. The van der Waals surface area contributed by atoms with E-state index in [-0.39, 0.29) is 29.5 Å². The maximum absolute atomic E-state index is 13.5. The van der Waals surface area contributed by atoms with Crippen LogP contribution < -0.4 is 5.32 Å². The molecule has 0 spiro atoms. The van der Waals surface area contributed by atoms with E-state index in [9.17, 15) is 14.0 Å². The van der Waals surface area contributed by atoms with Crippen molar-refractivity contribution >= 4 is 11.8 Å². The van der Waals surface area contributed by atoms with Crippen LogP contribution in [0.5, 0.6) is 0 Å². The van der Waals surface area contributed by atoms with Gasteiger partial charge in [-0.3, -0.25) is 9.59 Å². The third-order valence-corrected chi connectivity index (χ3v) is 4.68. The number of likely N-dealkylation sites (tertiary alicyclic amines) is 1. The monoisotopic (exact) mass is 318 g/mol. The van der Waals surface area contributed by atoms with Crippen LogP contribution in [-0.2, 0) is 16.0 Å². The molecule has 1 aliphatic heterocycles. The molecule has 5 heteroatoms. The highest BCUT2D eigenvalue weighted by atomic mass is 19.1. The van der Waals surface area contributed by atoms with Gasteiger partial charge in [0.15, 0.2) is 0 Å². The first-order chi connectivity index (χ1) is 11.1. The second-order valence-electron chi connectivity index (χ2n) is 6.53. The molecule has 1 atom stereocenters. The maximum Gasteiger partial charge on any atom is 0.225 e. The third kappa shape index (κ3) is 4.09. The molecule has 0 radical (unpaired) electrons. The van der Waals surface area contributed by atoms with E-state index >= 15 is 0 Å². The van der Waals surface area contributed by atoms with Gasteiger partial charge in [0.05, 0.1) is 5.92 Å². The first kappa shape index (κ1) is 16.0. The Kier molecular flexibility index (Phi) is 4.94. The van der Waals surface area contributed by atoms with E-state index in [1.165, 1.54) is 6.07 Å². The Morgan fingerprint density at radius 1 is 1.17 bits per heavy atom. The van der Waals surface area contributed by atoms with E-state index in [0.29, 0.717) is 25.1 Å². The summed E-state index contributed by atoms with van der Waals surface area (Å²) in [5.41, 5.74) is 0.613. The summed E-state index contributed by atoms with van der Waals surface area (Å²) in [4.78, 5) is 26.3. The van der Waals surface area contributed by atoms with E-state index in [2.05, 4.69) is 5.32 Å². The molecule has 1 N–H and O–H groups in total. The molecule has 2 aliphatic rings. The van der Waals surface area contributed by atoms with Crippen LogP contribution in [0.25, 0.3) is 0 Å². The van der Waals surface area contributed by atoms with Gasteiger partial charge < -0.3 is 10.2 Å². The van der Waals surface area contributed by atoms with Crippen molar-refractivity contribution in [1.82, 2.24) is 10.2 Å². The lowest BCUT2D eigenvalue weighted by atomic mass is 9.96. The summed E-state index contributed by atoms with van der Waals surface area (Å²) in [6.45, 7) is 1.72. The minimum Gasteiger partial charge on any atom is -0.355 e. The normalized spacial score (nSPS) is 21.1. The van der Waals surface area contributed by atoms with Crippen LogP contribution in [0.15, 0.2) is 24.3 Å². The quantitative estimate of drug-likeness (QED) is 0.904. The number of piperidine rings is 1. The Morgan fingerprint density at radius 2 is 1.96 bits per heavy atom. The molecule has 1 saturated heterocycles. The van der Waals surface area contributed by atoms with Crippen molar-refractivity contribution in [3.63, 3.8) is 0 Å². The number of carbonyl (C=O) groups is 2. The molecule has 1 heterocycles. The van der Waals surface area contributed by atoms with E-state index in [1.807, 2.05) is 4.90 Å². The second-order valence-corrected chi connectivity index (χ2v) is 6.53. The van der Waals surface area contributed by atoms with Crippen molar-refractivity contribution in [2.45, 2.75) is 32.1 Å². The van der Waals surface area contributed by atoms with Crippen LogP contribution in [0.2, 0.25) is 0 Å². The fraction of sp³-hybridized carbons (Fsp3) is 0.556. The number of benzene rings is 1. The van der Waals surface area contributed by atoms with E-state index in [0.717, 1.165) is 32.2 Å². The van der Waals surface area contributed by atoms with Crippen molar-refractivity contribution in [3.8, 4) is 0 Å². The molecule has 1 saturated carbocycles. The minimum absolute atomic E-state index is 0.0189. The number of nitrogens with one attached hydrogen (secondary N) is 1. The van der Waals surface area contributed by atoms with Gasteiger partial charge >= 0.3 is 0 Å². The number of nitrogens with zero attached hydrogens (tertiary/aromatic N) is 1. The molecule has 4 nitrogen and oxygen atoms in total. The minimum atomic E-state index is -0.236. The number of amides is 2. The Bertz CT molecular complexity index is 586. The van der Waals surface area contributed by atoms with Crippen LogP contribution in [0.3, 0.4) is 0 Å². The van der Waals surface area contributed by atoms with Gasteiger partial charge in [0.1, 0.15) is 5.82 Å². The number of carbonyl (C=O) groups excluding carboxylic acids is 2. The summed E-state index contributed by atoms with van der Waals surface area (Å²) in [5.74, 6) is 0.0362. The molecule has 1 aliphatic carbocycles. The molecule has 2 amide bonds. The highest BCUT2D eigenvalue weighted by molar-refractivity contribution is 5.83. The van der Waals surface area contributed by atoms with Crippen LogP contribution in [-0.4, -0.2) is 36.3 Å². The zero-order valence-corrected chi connectivity index (χ0v) is 13.3. The SMILES string of the molecule is O=C(NCCc1ccccc1F)[C@H]1CCCN(C(=O)C2CC2)C1. The molecular weight excluding hydrogens is 295 g/mol. The molecule has 23 heavy (non-hydrogen) atoms. The fourth-order valence-electron chi connectivity index (χ4n) is 3.15. The van der Waals surface area contributed by atoms with Crippen LogP contribution in [0.4, 0.5) is 4.39 Å². The molecule has 1 aromatic carbocycles. The molecule has 0 aromatic heterocycles. The van der Waals surface area contributed by atoms with E-state index in [4.69, 9.17) is 0 Å². The van der Waals surface area contributed by atoms with Gasteiger partial charge in [-0.15, -0.1) is 0 Å². The van der Waals surface area contributed by atoms with Crippen molar-refractivity contribution < 1.29 is 14.0 Å². The van der Waals surface area contributed by atoms with Crippen molar-refractivity contribution in [3.05, 3.63) is 35.6 Å². The molecule has 2 fully saturated rings. The molecule has 0 bridgehead atoms. The highest BCUT2D eigenvalue weighted by Gasteiger charge is 2.36. The topological polar surface area (TPSA) is 49.4 Å². The largest absolute Gasteiger partial charge is 0.355 e. The molecular formula is C18H23FN2O2. The summed E-state index contributed by atoms with van der Waals surface area (Å²) >= 11 is 0. The second kappa shape index (κ2) is 7.11. The lowest BCUT2D eigenvalue weighted by Crippen LogP contribution is -2.46. The van der Waals surface area contributed by atoms with Gasteiger partial charge in [-0.1, -0.05) is 18.2 Å². The van der Waals surface area contributed by atoms with Gasteiger partial charge in [-0.25, -0.2) is 4.39 Å². The predicted molar refractivity (Wildman–Crippen MR) is 85.1 cm³/mol. The first-order valence-corrected chi connectivity index (χ1v) is 8.45. The number of hydrogen-bond acceptors (Lipinski definition) is 2. The molecule has 0 unspecified atom stereocenters. The van der Waals surface area contributed by atoms with Crippen LogP contribution in [0.1, 0.15) is 31.2 Å². The molecule has 124 valence electrons. The zero-order chi connectivity index (χ0) is 16.2. The molecule has 1 aromatic rings. The van der Waals surface area contributed by atoms with Gasteiger partial charge in [0.2, 0.25) is 11.8 Å². The highest BCUT2D eigenvalue weighted by Crippen LogP contribution is 2.32. The third-order valence-electron chi connectivity index (χ3n) is 4.68. The van der Waals surface area contributed by atoms with E-state index in [1.54, 1.807) is 18.2 Å². The van der Waals surface area contributed by atoms with Crippen molar-refractivity contribution in [2.24, 2.45) is 11.8 Å². The Balaban J connectivity index is 1.46. The summed E-state index contributed by atoms with van der Waals surface area (Å²) in [6, 6.07) is 6.62. The van der Waals surface area contributed by atoms with Gasteiger partial charge in [-0.05, 0) is 43.7 Å². The van der Waals surface area contributed by atoms with Gasteiger partial charge in [0.25, 0.3) is 0 Å². The Hall–Kier alpha value is -1.91. The smallest absolute Gasteiger partial charge is 0.225 e. The van der Waals surface area contributed by atoms with E-state index < -0.39 is 0 Å². The fourth-order valence-corrected chi connectivity index (χ4v) is 3.15. The first-order valence-electron chi connectivity index (χ1n) is 8.45. The number of halogens is 1. The summed E-state index contributed by atoms with van der Waals surface area (Å²) in [6.07, 6.45) is 4.17. The average Bonchev–Trinajstić information content (AvgIpc) is 3.41. The van der Waals surface area contributed by atoms with Crippen molar-refractivity contribution in [2.75, 3.05) is 19.6 Å². The Morgan fingerprint density at radius 3 is 2.70 bits per heavy atom. The predicted octanol–water partition coefficient (Wildman–Crippen LogP) is 2.13. The summed E-state index contributed by atoms with van der Waals surface area (Å²) in [7, 11) is 0. The van der Waals surface area contributed by atoms with Crippen molar-refractivity contribution in [1.29, 1.82) is 0 Å².